The van der Waals surface area contributed by atoms with E-state index in [4.69, 9.17) is 0 Å². The molecule has 0 radical (unpaired) electrons. The molecular weight excluding hydrogens is 458 g/mol. The zero-order valence-corrected chi connectivity index (χ0v) is 18.5. The van der Waals surface area contributed by atoms with Crippen LogP contribution >= 0.6 is 0 Å². The molecule has 35 heavy (non-hydrogen) atoms. The van der Waals surface area contributed by atoms with E-state index in [0.717, 1.165) is 12.5 Å². The van der Waals surface area contributed by atoms with Crippen molar-refractivity contribution in [1.82, 2.24) is 20.0 Å². The number of carbonyl (C=O) groups excluding carboxylic acids is 2. The second kappa shape index (κ2) is 7.86. The van der Waals surface area contributed by atoms with E-state index in [1.807, 2.05) is 0 Å². The number of hydrogen-bond donors (Lipinski definition) is 2. The average molecular weight is 480 g/mol. The monoisotopic (exact) mass is 480 g/mol. The molecule has 1 saturated heterocycles. The minimum atomic E-state index is -1.18. The minimum Gasteiger partial charge on any atom is -0.476 e. The number of nitrogens with zero attached hydrogens (tertiary/aromatic N) is 3. The highest BCUT2D eigenvalue weighted by molar-refractivity contribution is 6.01. The van der Waals surface area contributed by atoms with Crippen LogP contribution in [-0.2, 0) is 16.1 Å². The number of fused-ring (bicyclic) bond motifs is 2. The van der Waals surface area contributed by atoms with Crippen LogP contribution in [0.5, 0.6) is 0 Å². The molecule has 2 unspecified atom stereocenters. The van der Waals surface area contributed by atoms with E-state index in [1.54, 1.807) is 29.2 Å². The molecule has 2 heterocycles. The second-order valence-electron chi connectivity index (χ2n) is 9.57. The molecule has 2 saturated carbocycles. The lowest BCUT2D eigenvalue weighted by atomic mass is 10.1. The van der Waals surface area contributed by atoms with Crippen molar-refractivity contribution < 1.29 is 28.3 Å². The summed E-state index contributed by atoms with van der Waals surface area (Å²) in [7, 11) is 0. The van der Waals surface area contributed by atoms with Crippen molar-refractivity contribution in [2.24, 2.45) is 5.92 Å². The lowest BCUT2D eigenvalue weighted by Crippen LogP contribution is -2.49. The molecule has 0 spiro atoms. The summed E-state index contributed by atoms with van der Waals surface area (Å²) in [5, 5.41) is 17.0. The number of aromatic carboxylic acids is 1. The van der Waals surface area contributed by atoms with E-state index in [-0.39, 0.29) is 48.0 Å². The molecule has 1 aliphatic heterocycles. The van der Waals surface area contributed by atoms with Crippen LogP contribution in [0.1, 0.15) is 41.2 Å². The van der Waals surface area contributed by atoms with Gasteiger partial charge in [-0.25, -0.2) is 13.6 Å². The molecular formula is C25H22F2N4O4. The summed E-state index contributed by atoms with van der Waals surface area (Å²) >= 11 is 0. The first-order valence-electron chi connectivity index (χ1n) is 11.6. The molecule has 6 rings (SSSR count). The van der Waals surface area contributed by atoms with Gasteiger partial charge in [-0.05, 0) is 42.9 Å². The van der Waals surface area contributed by atoms with Gasteiger partial charge in [-0.1, -0.05) is 24.3 Å². The summed E-state index contributed by atoms with van der Waals surface area (Å²) in [6.07, 6.45) is 1.95. The molecule has 5 atom stereocenters. The van der Waals surface area contributed by atoms with Crippen molar-refractivity contribution >= 4 is 28.7 Å². The highest BCUT2D eigenvalue weighted by Gasteiger charge is 2.56. The first-order valence-corrected chi connectivity index (χ1v) is 11.6. The number of carbonyl (C=O) groups is 3. The van der Waals surface area contributed by atoms with Gasteiger partial charge in [0.2, 0.25) is 11.8 Å². The van der Waals surface area contributed by atoms with Gasteiger partial charge < -0.3 is 15.3 Å². The Balaban J connectivity index is 1.17. The van der Waals surface area contributed by atoms with Crippen LogP contribution in [-0.4, -0.2) is 55.7 Å². The number of hydrogen-bond acceptors (Lipinski definition) is 4. The molecule has 3 aliphatic rings. The number of aromatic nitrogens is 2. The summed E-state index contributed by atoms with van der Waals surface area (Å²) in [6, 6.07) is 9.35. The molecule has 0 bridgehead atoms. The number of benzene rings is 2. The molecule has 2 amide bonds. The van der Waals surface area contributed by atoms with Crippen molar-refractivity contribution in [3.05, 3.63) is 65.4 Å². The maximum atomic E-state index is 14.1. The molecule has 3 fully saturated rings. The number of piperidine rings is 1. The van der Waals surface area contributed by atoms with Crippen LogP contribution in [0.3, 0.4) is 0 Å². The van der Waals surface area contributed by atoms with Gasteiger partial charge in [-0.2, -0.15) is 5.10 Å². The van der Waals surface area contributed by atoms with E-state index < -0.39 is 23.6 Å². The van der Waals surface area contributed by atoms with Crippen LogP contribution in [0.2, 0.25) is 0 Å². The largest absolute Gasteiger partial charge is 0.476 e. The van der Waals surface area contributed by atoms with Crippen LogP contribution in [0.15, 0.2) is 42.5 Å². The lowest BCUT2D eigenvalue weighted by molar-refractivity contribution is -0.140. The third-order valence-electron chi connectivity index (χ3n) is 7.32. The Kier molecular flexibility index (Phi) is 4.87. The Bertz CT molecular complexity index is 1390. The van der Waals surface area contributed by atoms with Gasteiger partial charge in [-0.15, -0.1) is 0 Å². The Morgan fingerprint density at radius 1 is 1.09 bits per heavy atom. The Labute approximate surface area is 198 Å². The van der Waals surface area contributed by atoms with Crippen LogP contribution in [0.25, 0.3) is 10.9 Å². The van der Waals surface area contributed by atoms with Crippen molar-refractivity contribution in [3.8, 4) is 0 Å². The predicted octanol–water partition coefficient (Wildman–Crippen LogP) is 2.67. The standard InChI is InChI=1S/C25H22F2N4O4/c26-13-5-6-14(17(27)9-13)16-10-18(16)28-24(33)21-8-12-7-20(12)31(21)22(32)11-30-19-4-2-1-3-15(19)23(29-30)25(34)35/h1-6,9,12,16,18,20-21H,7-8,10-11H2,(H,28,33)(H,34,35)/t12-,16?,18?,20-,21+/m1/s1. The van der Waals surface area contributed by atoms with Crippen molar-refractivity contribution in [2.75, 3.05) is 0 Å². The number of nitrogens with one attached hydrogen (secondary N) is 1. The Morgan fingerprint density at radius 3 is 2.66 bits per heavy atom. The van der Waals surface area contributed by atoms with Crippen LogP contribution in [0, 0.1) is 17.6 Å². The summed E-state index contributed by atoms with van der Waals surface area (Å²) in [5.41, 5.74) is 0.785. The fraction of sp³-hybridized carbons (Fsp3) is 0.360. The summed E-state index contributed by atoms with van der Waals surface area (Å²) in [4.78, 5) is 39.6. The molecule has 2 aromatic carbocycles. The first-order chi connectivity index (χ1) is 16.8. The molecule has 180 valence electrons. The van der Waals surface area contributed by atoms with E-state index >= 15 is 0 Å². The molecule has 3 aromatic rings. The van der Waals surface area contributed by atoms with Gasteiger partial charge in [-0.3, -0.25) is 14.3 Å². The minimum absolute atomic E-state index is 0.0106. The highest BCUT2D eigenvalue weighted by atomic mass is 19.1. The number of amides is 2. The zero-order chi connectivity index (χ0) is 24.4. The molecule has 8 nitrogen and oxygen atoms in total. The maximum absolute atomic E-state index is 14.1. The van der Waals surface area contributed by atoms with Crippen LogP contribution in [0.4, 0.5) is 8.78 Å². The van der Waals surface area contributed by atoms with Crippen molar-refractivity contribution in [3.63, 3.8) is 0 Å². The van der Waals surface area contributed by atoms with Gasteiger partial charge in [0.25, 0.3) is 0 Å². The number of halogens is 2. The number of carboxylic acids is 1. The molecule has 1 aromatic heterocycles. The fourth-order valence-corrected chi connectivity index (χ4v) is 5.44. The zero-order valence-electron chi connectivity index (χ0n) is 18.5. The smallest absolute Gasteiger partial charge is 0.357 e. The van der Waals surface area contributed by atoms with Gasteiger partial charge in [0.05, 0.1) is 5.52 Å². The number of rotatable bonds is 6. The maximum Gasteiger partial charge on any atom is 0.357 e. The lowest BCUT2D eigenvalue weighted by Gasteiger charge is -2.27. The van der Waals surface area contributed by atoms with Gasteiger partial charge >= 0.3 is 5.97 Å². The van der Waals surface area contributed by atoms with Gasteiger partial charge in [0, 0.05) is 29.5 Å². The SMILES string of the molecule is O=C(O)c1nn(CC(=O)N2[C@@H]3C[C@@H]3C[C@H]2C(=O)NC2CC2c2ccc(F)cc2F)c2ccccc12. The summed E-state index contributed by atoms with van der Waals surface area (Å²) in [6.45, 7) is -0.173. The van der Waals surface area contributed by atoms with E-state index in [2.05, 4.69) is 10.4 Å². The normalized spacial score (nSPS) is 26.5. The van der Waals surface area contributed by atoms with E-state index in [1.165, 1.54) is 16.8 Å². The quantitative estimate of drug-likeness (QED) is 0.565. The number of para-hydroxylation sites is 1. The highest BCUT2D eigenvalue weighted by Crippen LogP contribution is 2.49. The molecule has 2 N–H and O–H groups in total. The number of likely N-dealkylation sites (tertiary alicyclic amines) is 1. The van der Waals surface area contributed by atoms with Gasteiger partial charge in [0.15, 0.2) is 5.69 Å². The molecule has 2 aliphatic carbocycles. The topological polar surface area (TPSA) is 105 Å². The Morgan fingerprint density at radius 2 is 1.89 bits per heavy atom. The number of carboxylic acid groups (broad SMARTS) is 1. The van der Waals surface area contributed by atoms with Crippen LogP contribution < -0.4 is 5.32 Å². The Hall–Kier alpha value is -3.82. The fourth-order valence-electron chi connectivity index (χ4n) is 5.44. The van der Waals surface area contributed by atoms with E-state index in [0.29, 0.717) is 29.3 Å². The van der Waals surface area contributed by atoms with Gasteiger partial charge in [0.1, 0.15) is 24.2 Å². The average Bonchev–Trinajstić information content (AvgIpc) is 3.69. The predicted molar refractivity (Wildman–Crippen MR) is 119 cm³/mol. The molecule has 10 heteroatoms. The van der Waals surface area contributed by atoms with E-state index in [9.17, 15) is 28.3 Å². The van der Waals surface area contributed by atoms with Crippen molar-refractivity contribution in [1.29, 1.82) is 0 Å². The summed E-state index contributed by atoms with van der Waals surface area (Å²) in [5.74, 6) is -2.98. The third-order valence-corrected chi connectivity index (χ3v) is 7.32. The summed E-state index contributed by atoms with van der Waals surface area (Å²) < 4.78 is 28.7. The second-order valence-corrected chi connectivity index (χ2v) is 9.57. The van der Waals surface area contributed by atoms with Crippen molar-refractivity contribution in [2.45, 2.75) is 49.9 Å². The third kappa shape index (κ3) is 3.73. The first kappa shape index (κ1) is 21.7.